The molecule has 0 bridgehead atoms. The number of hydrogen-bond acceptors (Lipinski definition) is 5. The summed E-state index contributed by atoms with van der Waals surface area (Å²) >= 11 is 3.34. The van der Waals surface area contributed by atoms with E-state index >= 15 is 0 Å². The zero-order valence-corrected chi connectivity index (χ0v) is 11.3. The van der Waals surface area contributed by atoms with Crippen LogP contribution in [0.3, 0.4) is 0 Å². The van der Waals surface area contributed by atoms with E-state index in [2.05, 4.69) is 30.9 Å². The topological polar surface area (TPSA) is 73.9 Å². The highest BCUT2D eigenvalue weighted by Gasteiger charge is 2.09. The minimum absolute atomic E-state index is 0.437. The largest absolute Gasteiger partial charge is 0.435 e. The maximum Gasteiger partial charge on any atom is 0.236 e. The molecule has 0 aliphatic carbocycles. The summed E-state index contributed by atoms with van der Waals surface area (Å²) in [5, 5.41) is 0.852. The monoisotopic (exact) mass is 316 g/mol. The molecule has 0 unspecified atom stereocenters. The smallest absolute Gasteiger partial charge is 0.236 e. The van der Waals surface area contributed by atoms with Crippen molar-refractivity contribution in [2.75, 3.05) is 5.73 Å². The van der Waals surface area contributed by atoms with E-state index in [4.69, 9.17) is 10.5 Å². The van der Waals surface area contributed by atoms with Crippen molar-refractivity contribution in [1.29, 1.82) is 0 Å². The average molecular weight is 317 g/mol. The van der Waals surface area contributed by atoms with Gasteiger partial charge in [-0.25, -0.2) is 9.97 Å². The molecular formula is C13H9BrN4O. The number of anilines is 1. The zero-order chi connectivity index (χ0) is 13.2. The van der Waals surface area contributed by atoms with Crippen LogP contribution in [0.4, 0.5) is 5.69 Å². The lowest BCUT2D eigenvalue weighted by Crippen LogP contribution is -1.94. The fraction of sp³-hybridized carbons (Fsp3) is 0. The molecule has 0 aliphatic heterocycles. The Balaban J connectivity index is 2.12. The average Bonchev–Trinajstić information content (AvgIpc) is 2.44. The first-order valence-corrected chi connectivity index (χ1v) is 6.31. The third-order valence-corrected chi connectivity index (χ3v) is 3.15. The Hall–Kier alpha value is -2.21. The van der Waals surface area contributed by atoms with E-state index in [1.54, 1.807) is 24.5 Å². The second-order valence-electron chi connectivity index (χ2n) is 3.83. The van der Waals surface area contributed by atoms with Crippen molar-refractivity contribution in [3.8, 4) is 11.6 Å². The Bertz CT molecular complexity index is 748. The molecule has 5 nitrogen and oxygen atoms in total. The summed E-state index contributed by atoms with van der Waals surface area (Å²) < 4.78 is 6.44. The van der Waals surface area contributed by atoms with Crippen molar-refractivity contribution in [1.82, 2.24) is 15.0 Å². The molecule has 0 saturated carbocycles. The highest BCUT2D eigenvalue weighted by molar-refractivity contribution is 9.10. The summed E-state index contributed by atoms with van der Waals surface area (Å²) in [5.41, 5.74) is 7.28. The van der Waals surface area contributed by atoms with Gasteiger partial charge >= 0.3 is 0 Å². The van der Waals surface area contributed by atoms with Crippen LogP contribution in [0.1, 0.15) is 0 Å². The van der Waals surface area contributed by atoms with Crippen molar-refractivity contribution in [2.24, 2.45) is 0 Å². The molecule has 19 heavy (non-hydrogen) atoms. The van der Waals surface area contributed by atoms with Gasteiger partial charge in [-0.3, -0.25) is 4.98 Å². The maximum atomic E-state index is 5.92. The number of nitrogen functional groups attached to an aromatic ring is 1. The summed E-state index contributed by atoms with van der Waals surface area (Å²) in [7, 11) is 0. The second-order valence-corrected chi connectivity index (χ2v) is 4.68. The molecule has 0 fully saturated rings. The molecule has 6 heteroatoms. The lowest BCUT2D eigenvalue weighted by atomic mass is 10.2. The Morgan fingerprint density at radius 2 is 2.05 bits per heavy atom. The zero-order valence-electron chi connectivity index (χ0n) is 9.75. The first-order valence-electron chi connectivity index (χ1n) is 5.52. The van der Waals surface area contributed by atoms with Gasteiger partial charge in [-0.15, -0.1) is 0 Å². The van der Waals surface area contributed by atoms with E-state index in [0.29, 0.717) is 27.3 Å². The van der Waals surface area contributed by atoms with E-state index in [1.807, 2.05) is 12.1 Å². The third kappa shape index (κ3) is 2.22. The van der Waals surface area contributed by atoms with Crippen LogP contribution in [-0.2, 0) is 0 Å². The molecule has 0 aliphatic rings. The quantitative estimate of drug-likeness (QED) is 0.735. The molecule has 2 aromatic heterocycles. The van der Waals surface area contributed by atoms with Crippen LogP contribution in [0.25, 0.3) is 10.9 Å². The predicted molar refractivity (Wildman–Crippen MR) is 76.0 cm³/mol. The summed E-state index contributed by atoms with van der Waals surface area (Å²) in [6.07, 6.45) is 4.74. The number of halogens is 1. The van der Waals surface area contributed by atoms with Gasteiger partial charge in [0, 0.05) is 23.5 Å². The molecule has 0 amide bonds. The number of rotatable bonds is 2. The molecule has 94 valence electrons. The summed E-state index contributed by atoms with van der Waals surface area (Å²) in [6, 6.07) is 7.30. The number of hydrogen-bond donors (Lipinski definition) is 1. The van der Waals surface area contributed by atoms with Crippen molar-refractivity contribution < 1.29 is 4.74 Å². The van der Waals surface area contributed by atoms with Gasteiger partial charge in [0.05, 0.1) is 4.47 Å². The normalized spacial score (nSPS) is 10.6. The van der Waals surface area contributed by atoms with Crippen molar-refractivity contribution in [2.45, 2.75) is 0 Å². The molecular weight excluding hydrogens is 308 g/mol. The van der Waals surface area contributed by atoms with Crippen LogP contribution in [0.2, 0.25) is 0 Å². The van der Waals surface area contributed by atoms with Gasteiger partial charge in [0.25, 0.3) is 0 Å². The van der Waals surface area contributed by atoms with Gasteiger partial charge in [0.2, 0.25) is 5.88 Å². The van der Waals surface area contributed by atoms with Gasteiger partial charge < -0.3 is 10.5 Å². The van der Waals surface area contributed by atoms with Gasteiger partial charge in [-0.1, -0.05) is 0 Å². The van der Waals surface area contributed by atoms with E-state index in [1.165, 1.54) is 6.33 Å². The molecule has 2 N–H and O–H groups in total. The van der Waals surface area contributed by atoms with E-state index in [-0.39, 0.29) is 0 Å². The number of nitrogens with zero attached hydrogens (tertiary/aromatic N) is 3. The summed E-state index contributed by atoms with van der Waals surface area (Å²) in [5.74, 6) is 1.04. The minimum atomic E-state index is 0.437. The molecule has 3 aromatic rings. The van der Waals surface area contributed by atoms with Crippen LogP contribution in [0.15, 0.2) is 47.5 Å². The Morgan fingerprint density at radius 1 is 1.16 bits per heavy atom. The number of nitrogens with two attached hydrogens (primary N) is 1. The van der Waals surface area contributed by atoms with Crippen LogP contribution < -0.4 is 10.5 Å². The van der Waals surface area contributed by atoms with Crippen molar-refractivity contribution in [3.05, 3.63) is 47.5 Å². The summed E-state index contributed by atoms with van der Waals surface area (Å²) in [6.45, 7) is 0. The predicted octanol–water partition coefficient (Wildman–Crippen LogP) is 3.16. The maximum absolute atomic E-state index is 5.92. The molecule has 1 aromatic carbocycles. The number of pyridine rings is 1. The number of fused-ring (bicyclic) bond motifs is 1. The Labute approximate surface area is 117 Å². The van der Waals surface area contributed by atoms with E-state index < -0.39 is 0 Å². The SMILES string of the molecule is Nc1ccc(Oc2ncncc2Br)c2ncccc12. The lowest BCUT2D eigenvalue weighted by molar-refractivity contribution is 0.462. The first kappa shape index (κ1) is 11.9. The van der Waals surface area contributed by atoms with Gasteiger partial charge in [-0.05, 0) is 40.2 Å². The van der Waals surface area contributed by atoms with Crippen LogP contribution in [-0.4, -0.2) is 15.0 Å². The number of ether oxygens (including phenoxy) is 1. The molecule has 2 heterocycles. The summed E-state index contributed by atoms with van der Waals surface area (Å²) in [4.78, 5) is 12.3. The second kappa shape index (κ2) is 4.81. The van der Waals surface area contributed by atoms with E-state index in [0.717, 1.165) is 5.39 Å². The molecule has 0 radical (unpaired) electrons. The third-order valence-electron chi connectivity index (χ3n) is 2.61. The lowest BCUT2D eigenvalue weighted by Gasteiger charge is -2.09. The fourth-order valence-electron chi connectivity index (χ4n) is 1.73. The van der Waals surface area contributed by atoms with Gasteiger partial charge in [-0.2, -0.15) is 0 Å². The molecule has 0 atom stereocenters. The van der Waals surface area contributed by atoms with Gasteiger partial charge in [0.1, 0.15) is 11.8 Å². The Kier molecular flexibility index (Phi) is 3.00. The standard InChI is InChI=1S/C13H9BrN4O/c14-9-6-16-7-18-13(9)19-11-4-3-10(15)8-2-1-5-17-12(8)11/h1-7H,15H2. The first-order chi connectivity index (χ1) is 9.25. The fourth-order valence-corrected chi connectivity index (χ4v) is 2.03. The van der Waals surface area contributed by atoms with Crippen LogP contribution >= 0.6 is 15.9 Å². The van der Waals surface area contributed by atoms with Crippen molar-refractivity contribution >= 4 is 32.5 Å². The van der Waals surface area contributed by atoms with Crippen LogP contribution in [0.5, 0.6) is 11.6 Å². The number of benzene rings is 1. The molecule has 0 spiro atoms. The Morgan fingerprint density at radius 3 is 2.89 bits per heavy atom. The van der Waals surface area contributed by atoms with Crippen molar-refractivity contribution in [3.63, 3.8) is 0 Å². The molecule has 0 saturated heterocycles. The molecule has 3 rings (SSSR count). The minimum Gasteiger partial charge on any atom is -0.435 e. The highest BCUT2D eigenvalue weighted by Crippen LogP contribution is 2.33. The van der Waals surface area contributed by atoms with Gasteiger partial charge in [0.15, 0.2) is 5.75 Å². The van der Waals surface area contributed by atoms with E-state index in [9.17, 15) is 0 Å². The number of aromatic nitrogens is 3. The highest BCUT2D eigenvalue weighted by atomic mass is 79.9. The van der Waals surface area contributed by atoms with Crippen LogP contribution in [0, 0.1) is 0 Å².